The third-order valence-electron chi connectivity index (χ3n) is 3.43. The van der Waals surface area contributed by atoms with Gasteiger partial charge in [-0.05, 0) is 50.0 Å². The maximum atomic E-state index is 13.3. The van der Waals surface area contributed by atoms with Gasteiger partial charge in [-0.15, -0.1) is 0 Å². The second kappa shape index (κ2) is 9.51. The molecule has 0 aliphatic carbocycles. The lowest BCUT2D eigenvalue weighted by Crippen LogP contribution is -2.11. The summed E-state index contributed by atoms with van der Waals surface area (Å²) in [4.78, 5) is 13.8. The average Bonchev–Trinajstić information content (AvgIpc) is 2.58. The van der Waals surface area contributed by atoms with Crippen LogP contribution in [0.1, 0.15) is 12.0 Å². The fourth-order valence-electron chi connectivity index (χ4n) is 2.30. The van der Waals surface area contributed by atoms with Crippen LogP contribution in [-0.4, -0.2) is 42.2 Å². The number of nitro groups is 1. The van der Waals surface area contributed by atoms with E-state index in [0.29, 0.717) is 30.2 Å². The first-order valence-electron chi connectivity index (χ1n) is 8.04. The first-order chi connectivity index (χ1) is 12.4. The molecule has 0 aliphatic rings. The van der Waals surface area contributed by atoms with Crippen molar-refractivity contribution in [2.75, 3.05) is 27.3 Å². The Morgan fingerprint density at radius 3 is 2.62 bits per heavy atom. The van der Waals surface area contributed by atoms with Crippen molar-refractivity contribution in [1.82, 2.24) is 4.90 Å². The molecule has 2 rings (SSSR count). The molecule has 6 nitrogen and oxygen atoms in total. The minimum Gasteiger partial charge on any atom is -0.493 e. The van der Waals surface area contributed by atoms with E-state index in [1.807, 2.05) is 31.1 Å². The molecule has 0 heterocycles. The lowest BCUT2D eigenvalue weighted by Gasteiger charge is -2.16. The molecule has 2 aromatic carbocycles. The Balaban J connectivity index is 2.31. The molecule has 0 unspecified atom stereocenters. The van der Waals surface area contributed by atoms with E-state index in [1.165, 1.54) is 23.9 Å². The third kappa shape index (κ3) is 5.69. The van der Waals surface area contributed by atoms with E-state index in [2.05, 4.69) is 0 Å². The minimum absolute atomic E-state index is 0.0622. The van der Waals surface area contributed by atoms with Gasteiger partial charge in [0.25, 0.3) is 5.69 Å². The van der Waals surface area contributed by atoms with Gasteiger partial charge in [-0.25, -0.2) is 4.39 Å². The van der Waals surface area contributed by atoms with Gasteiger partial charge < -0.3 is 14.7 Å². The summed E-state index contributed by atoms with van der Waals surface area (Å²) in [6.07, 6.45) is 0.543. The van der Waals surface area contributed by atoms with Crippen LogP contribution in [0.3, 0.4) is 0 Å². The van der Waals surface area contributed by atoms with Crippen LogP contribution in [0.25, 0.3) is 0 Å². The fourth-order valence-corrected chi connectivity index (χ4v) is 3.30. The van der Waals surface area contributed by atoms with Gasteiger partial charge in [-0.3, -0.25) is 10.1 Å². The van der Waals surface area contributed by atoms with Gasteiger partial charge in [0.1, 0.15) is 11.6 Å². The minimum atomic E-state index is -0.637. The Morgan fingerprint density at radius 1 is 1.23 bits per heavy atom. The molecule has 1 N–H and O–H groups in total. The van der Waals surface area contributed by atoms with E-state index < -0.39 is 10.7 Å². The fraction of sp³-hybridized carbons (Fsp3) is 0.333. The lowest BCUT2D eigenvalue weighted by molar-refractivity contribution is -0.387. The first kappa shape index (κ1) is 20.2. The molecule has 0 saturated carbocycles. The smallest absolute Gasteiger partial charge is 0.286 e. The molecule has 0 saturated heterocycles. The predicted octanol–water partition coefficient (Wildman–Crippen LogP) is 3.71. The van der Waals surface area contributed by atoms with Crippen LogP contribution in [0.15, 0.2) is 46.2 Å². The van der Waals surface area contributed by atoms with Gasteiger partial charge in [-0.2, -0.15) is 0 Å². The highest BCUT2D eigenvalue weighted by atomic mass is 32.2. The molecule has 0 fully saturated rings. The van der Waals surface area contributed by atoms with Crippen molar-refractivity contribution in [2.24, 2.45) is 0 Å². The SMILES string of the molecule is CN(C)Cc1cc(OCCCO)ccc1Sc1ccc(F)cc1[N+](=O)[O-]. The number of nitrogens with zero attached hydrogens (tertiary/aromatic N) is 2. The van der Waals surface area contributed by atoms with Crippen molar-refractivity contribution < 1.29 is 19.2 Å². The van der Waals surface area contributed by atoms with Crippen molar-refractivity contribution in [2.45, 2.75) is 22.8 Å². The van der Waals surface area contributed by atoms with Crippen LogP contribution < -0.4 is 4.74 Å². The van der Waals surface area contributed by atoms with Crippen molar-refractivity contribution in [1.29, 1.82) is 0 Å². The molecule has 0 amide bonds. The van der Waals surface area contributed by atoms with E-state index in [1.54, 1.807) is 6.07 Å². The number of benzene rings is 2. The summed E-state index contributed by atoms with van der Waals surface area (Å²) in [5, 5.41) is 20.0. The number of aliphatic hydroxyl groups is 1. The molecule has 8 heteroatoms. The highest BCUT2D eigenvalue weighted by Gasteiger charge is 2.18. The summed E-state index contributed by atoms with van der Waals surface area (Å²) >= 11 is 1.23. The number of hydrogen-bond acceptors (Lipinski definition) is 6. The van der Waals surface area contributed by atoms with E-state index in [4.69, 9.17) is 9.84 Å². The van der Waals surface area contributed by atoms with Crippen LogP contribution in [0.4, 0.5) is 10.1 Å². The molecule has 140 valence electrons. The maximum Gasteiger partial charge on any atom is 0.286 e. The number of halogens is 1. The monoisotopic (exact) mass is 380 g/mol. The average molecular weight is 380 g/mol. The van der Waals surface area contributed by atoms with Gasteiger partial charge >= 0.3 is 0 Å². The van der Waals surface area contributed by atoms with Crippen LogP contribution in [0, 0.1) is 15.9 Å². The standard InChI is InChI=1S/C18H21FN2O4S/c1-20(2)12-13-10-15(25-9-3-8-22)5-7-17(13)26-18-6-4-14(19)11-16(18)21(23)24/h4-7,10-11,22H,3,8-9,12H2,1-2H3. The molecule has 0 atom stereocenters. The molecule has 0 aliphatic heterocycles. The van der Waals surface area contributed by atoms with Gasteiger partial charge in [-0.1, -0.05) is 11.8 Å². The first-order valence-corrected chi connectivity index (χ1v) is 8.85. The number of nitro benzene ring substituents is 1. The molecule has 2 aromatic rings. The zero-order valence-corrected chi connectivity index (χ0v) is 15.5. The Bertz CT molecular complexity index is 771. The lowest BCUT2D eigenvalue weighted by atomic mass is 10.2. The Labute approximate surface area is 155 Å². The number of rotatable bonds is 9. The highest BCUT2D eigenvalue weighted by Crippen LogP contribution is 2.38. The summed E-state index contributed by atoms with van der Waals surface area (Å²) < 4.78 is 18.9. The highest BCUT2D eigenvalue weighted by molar-refractivity contribution is 7.99. The number of ether oxygens (including phenoxy) is 1. The van der Waals surface area contributed by atoms with Crippen LogP contribution >= 0.6 is 11.8 Å². The zero-order chi connectivity index (χ0) is 19.1. The van der Waals surface area contributed by atoms with E-state index in [-0.39, 0.29) is 12.3 Å². The van der Waals surface area contributed by atoms with Gasteiger partial charge in [0.2, 0.25) is 0 Å². The zero-order valence-electron chi connectivity index (χ0n) is 14.6. The number of hydrogen-bond donors (Lipinski definition) is 1. The summed E-state index contributed by atoms with van der Waals surface area (Å²) in [5.41, 5.74) is 0.689. The normalized spacial score (nSPS) is 11.0. The number of aliphatic hydroxyl groups excluding tert-OH is 1. The quantitative estimate of drug-likeness (QED) is 0.406. The van der Waals surface area contributed by atoms with Gasteiger partial charge in [0, 0.05) is 24.5 Å². The van der Waals surface area contributed by atoms with Crippen LogP contribution in [0.5, 0.6) is 5.75 Å². The summed E-state index contributed by atoms with van der Waals surface area (Å²) in [6, 6.07) is 9.07. The van der Waals surface area contributed by atoms with Crippen molar-refractivity contribution in [3.8, 4) is 5.75 Å². The van der Waals surface area contributed by atoms with Crippen molar-refractivity contribution in [3.05, 3.63) is 57.9 Å². The Hall–Kier alpha value is -2.16. The van der Waals surface area contributed by atoms with Crippen LogP contribution in [0.2, 0.25) is 0 Å². The van der Waals surface area contributed by atoms with Crippen molar-refractivity contribution >= 4 is 17.4 Å². The van der Waals surface area contributed by atoms with Crippen molar-refractivity contribution in [3.63, 3.8) is 0 Å². The second-order valence-electron chi connectivity index (χ2n) is 5.90. The molecular formula is C18H21FN2O4S. The molecular weight excluding hydrogens is 359 g/mol. The molecule has 0 spiro atoms. The second-order valence-corrected chi connectivity index (χ2v) is 6.99. The molecule has 0 bridgehead atoms. The Kier molecular flexibility index (Phi) is 7.38. The molecule has 26 heavy (non-hydrogen) atoms. The predicted molar refractivity (Wildman–Crippen MR) is 98.2 cm³/mol. The third-order valence-corrected chi connectivity index (χ3v) is 4.61. The topological polar surface area (TPSA) is 75.8 Å². The van der Waals surface area contributed by atoms with Crippen LogP contribution in [-0.2, 0) is 6.54 Å². The van der Waals surface area contributed by atoms with E-state index >= 15 is 0 Å². The summed E-state index contributed by atoms with van der Waals surface area (Å²) in [5.74, 6) is 0.0375. The Morgan fingerprint density at radius 2 is 1.96 bits per heavy atom. The van der Waals surface area contributed by atoms with Gasteiger partial charge in [0.15, 0.2) is 0 Å². The summed E-state index contributed by atoms with van der Waals surface area (Å²) in [6.45, 7) is 1.09. The van der Waals surface area contributed by atoms with E-state index in [0.717, 1.165) is 16.5 Å². The summed E-state index contributed by atoms with van der Waals surface area (Å²) in [7, 11) is 3.85. The van der Waals surface area contributed by atoms with E-state index in [9.17, 15) is 14.5 Å². The largest absolute Gasteiger partial charge is 0.493 e. The molecule has 0 radical (unpaired) electrons. The van der Waals surface area contributed by atoms with Gasteiger partial charge in [0.05, 0.1) is 22.5 Å². The molecule has 0 aromatic heterocycles. The maximum absolute atomic E-state index is 13.3.